The van der Waals surface area contributed by atoms with E-state index in [2.05, 4.69) is 12.2 Å². The van der Waals surface area contributed by atoms with Crippen LogP contribution in [0.5, 0.6) is 0 Å². The van der Waals surface area contributed by atoms with Gasteiger partial charge in [-0.2, -0.15) is 0 Å². The zero-order valence-electron chi connectivity index (χ0n) is 10.1. The number of primary amides is 1. The van der Waals surface area contributed by atoms with Crippen molar-refractivity contribution >= 4 is 17.3 Å². The van der Waals surface area contributed by atoms with Gasteiger partial charge >= 0.3 is 0 Å². The predicted octanol–water partition coefficient (Wildman–Crippen LogP) is 1.97. The van der Waals surface area contributed by atoms with Gasteiger partial charge in [0.15, 0.2) is 0 Å². The first-order chi connectivity index (χ1) is 8.00. The monoisotopic (exact) mass is 233 g/mol. The van der Waals surface area contributed by atoms with Crippen molar-refractivity contribution in [2.24, 2.45) is 11.1 Å². The summed E-state index contributed by atoms with van der Waals surface area (Å²) in [5, 5.41) is 3.34. The molecule has 1 saturated carbocycles. The quantitative estimate of drug-likeness (QED) is 0.695. The number of benzene rings is 1. The lowest BCUT2D eigenvalue weighted by Crippen LogP contribution is -2.33. The van der Waals surface area contributed by atoms with E-state index >= 15 is 0 Å². The summed E-state index contributed by atoms with van der Waals surface area (Å²) in [6.07, 6.45) is 3.84. The van der Waals surface area contributed by atoms with Gasteiger partial charge in [-0.05, 0) is 36.5 Å². The molecule has 4 heteroatoms. The fraction of sp³-hybridized carbons (Fsp3) is 0.462. The molecule has 0 aliphatic heterocycles. The summed E-state index contributed by atoms with van der Waals surface area (Å²) in [6.45, 7) is 3.20. The Hall–Kier alpha value is -1.71. The predicted molar refractivity (Wildman–Crippen MR) is 69.8 cm³/mol. The van der Waals surface area contributed by atoms with Gasteiger partial charge in [0, 0.05) is 12.1 Å². The van der Waals surface area contributed by atoms with E-state index in [1.165, 1.54) is 19.3 Å². The van der Waals surface area contributed by atoms with Crippen LogP contribution in [0.25, 0.3) is 0 Å². The van der Waals surface area contributed by atoms with Gasteiger partial charge in [0.2, 0.25) is 5.91 Å². The molecule has 5 N–H and O–H groups in total. The summed E-state index contributed by atoms with van der Waals surface area (Å²) in [5.41, 5.74) is 13.4. The standard InChI is InChI=1S/C13H19N3O/c1-13(5-2-6-13)8-16-11-4-3-9(12(15)17)7-10(11)14/h3-4,7,16H,2,5-6,8,14H2,1H3,(H2,15,17). The van der Waals surface area contributed by atoms with E-state index in [0.29, 0.717) is 16.7 Å². The van der Waals surface area contributed by atoms with Gasteiger partial charge in [-0.1, -0.05) is 13.3 Å². The third-order valence-corrected chi connectivity index (χ3v) is 3.60. The molecule has 0 unspecified atom stereocenters. The molecule has 4 nitrogen and oxygen atoms in total. The number of hydrogen-bond donors (Lipinski definition) is 3. The van der Waals surface area contributed by atoms with E-state index in [9.17, 15) is 4.79 Å². The van der Waals surface area contributed by atoms with Crippen LogP contribution in [0.4, 0.5) is 11.4 Å². The second-order valence-corrected chi connectivity index (χ2v) is 5.18. The van der Waals surface area contributed by atoms with Crippen molar-refractivity contribution in [3.8, 4) is 0 Å². The van der Waals surface area contributed by atoms with Crippen molar-refractivity contribution in [3.63, 3.8) is 0 Å². The smallest absolute Gasteiger partial charge is 0.248 e. The number of nitrogens with two attached hydrogens (primary N) is 2. The van der Waals surface area contributed by atoms with Crippen LogP contribution in [0.15, 0.2) is 18.2 Å². The highest BCUT2D eigenvalue weighted by Crippen LogP contribution is 2.40. The zero-order valence-corrected chi connectivity index (χ0v) is 10.1. The molecule has 0 heterocycles. The lowest BCUT2D eigenvalue weighted by Gasteiger charge is -2.38. The van der Waals surface area contributed by atoms with Crippen LogP contribution in [0, 0.1) is 5.41 Å². The average molecular weight is 233 g/mol. The van der Waals surface area contributed by atoms with Crippen LogP contribution in [-0.2, 0) is 0 Å². The fourth-order valence-corrected chi connectivity index (χ4v) is 2.14. The van der Waals surface area contributed by atoms with Crippen LogP contribution in [0.2, 0.25) is 0 Å². The molecular formula is C13H19N3O. The summed E-state index contributed by atoms with van der Waals surface area (Å²) in [6, 6.07) is 5.13. The van der Waals surface area contributed by atoms with Crippen molar-refractivity contribution in [1.82, 2.24) is 0 Å². The molecule has 0 radical (unpaired) electrons. The first-order valence-corrected chi connectivity index (χ1v) is 5.93. The van der Waals surface area contributed by atoms with Gasteiger partial charge < -0.3 is 16.8 Å². The molecule has 2 rings (SSSR count). The Balaban J connectivity index is 2.03. The topological polar surface area (TPSA) is 81.1 Å². The number of nitrogen functional groups attached to an aromatic ring is 1. The maximum atomic E-state index is 11.0. The Morgan fingerprint density at radius 3 is 2.65 bits per heavy atom. The first kappa shape index (κ1) is 11.8. The minimum atomic E-state index is -0.450. The molecule has 1 fully saturated rings. The molecule has 0 atom stereocenters. The van der Waals surface area contributed by atoms with E-state index < -0.39 is 5.91 Å². The van der Waals surface area contributed by atoms with Crippen molar-refractivity contribution in [3.05, 3.63) is 23.8 Å². The minimum absolute atomic E-state index is 0.398. The second kappa shape index (κ2) is 4.28. The summed E-state index contributed by atoms with van der Waals surface area (Å²) in [5.74, 6) is -0.450. The third-order valence-electron chi connectivity index (χ3n) is 3.60. The second-order valence-electron chi connectivity index (χ2n) is 5.18. The van der Waals surface area contributed by atoms with Gasteiger partial charge in [0.1, 0.15) is 0 Å². The Morgan fingerprint density at radius 1 is 1.47 bits per heavy atom. The first-order valence-electron chi connectivity index (χ1n) is 5.93. The fourth-order valence-electron chi connectivity index (χ4n) is 2.14. The molecule has 1 amide bonds. The van der Waals surface area contributed by atoms with Crippen molar-refractivity contribution in [2.75, 3.05) is 17.6 Å². The number of carbonyl (C=O) groups is 1. The van der Waals surface area contributed by atoms with E-state index in [0.717, 1.165) is 12.2 Å². The molecule has 17 heavy (non-hydrogen) atoms. The van der Waals surface area contributed by atoms with Gasteiger partial charge in [0.25, 0.3) is 0 Å². The number of rotatable bonds is 4. The number of amides is 1. The highest BCUT2D eigenvalue weighted by molar-refractivity contribution is 5.94. The van der Waals surface area contributed by atoms with Crippen LogP contribution in [0.1, 0.15) is 36.5 Å². The Labute approximate surface area is 101 Å². The summed E-state index contributed by atoms with van der Waals surface area (Å²) >= 11 is 0. The van der Waals surface area contributed by atoms with Crippen LogP contribution >= 0.6 is 0 Å². The van der Waals surface area contributed by atoms with E-state index in [1.54, 1.807) is 12.1 Å². The number of anilines is 2. The minimum Gasteiger partial charge on any atom is -0.397 e. The van der Waals surface area contributed by atoms with Crippen LogP contribution < -0.4 is 16.8 Å². The van der Waals surface area contributed by atoms with Gasteiger partial charge in [-0.15, -0.1) is 0 Å². The molecule has 1 aromatic rings. The molecular weight excluding hydrogens is 214 g/mol. The molecule has 0 saturated heterocycles. The van der Waals surface area contributed by atoms with E-state index in [1.807, 2.05) is 6.07 Å². The lowest BCUT2D eigenvalue weighted by atomic mass is 9.70. The highest BCUT2D eigenvalue weighted by Gasteiger charge is 2.31. The summed E-state index contributed by atoms with van der Waals surface area (Å²) < 4.78 is 0. The van der Waals surface area contributed by atoms with E-state index in [-0.39, 0.29) is 0 Å². The van der Waals surface area contributed by atoms with Crippen molar-refractivity contribution in [2.45, 2.75) is 26.2 Å². The van der Waals surface area contributed by atoms with Gasteiger partial charge in [-0.25, -0.2) is 0 Å². The Morgan fingerprint density at radius 2 is 2.18 bits per heavy atom. The highest BCUT2D eigenvalue weighted by atomic mass is 16.1. The molecule has 1 aromatic carbocycles. The molecule has 0 aromatic heterocycles. The number of nitrogens with one attached hydrogen (secondary N) is 1. The largest absolute Gasteiger partial charge is 0.397 e. The maximum Gasteiger partial charge on any atom is 0.248 e. The normalized spacial score (nSPS) is 17.2. The molecule has 1 aliphatic rings. The lowest BCUT2D eigenvalue weighted by molar-refractivity contribution is 0.100. The SMILES string of the molecule is CC1(CNc2ccc(C(N)=O)cc2N)CCC1. The molecule has 1 aliphatic carbocycles. The average Bonchev–Trinajstić information content (AvgIpc) is 2.24. The Kier molecular flexibility index (Phi) is 2.96. The molecule has 0 bridgehead atoms. The van der Waals surface area contributed by atoms with Crippen molar-refractivity contribution in [1.29, 1.82) is 0 Å². The zero-order chi connectivity index (χ0) is 12.5. The van der Waals surface area contributed by atoms with Crippen molar-refractivity contribution < 1.29 is 4.79 Å². The van der Waals surface area contributed by atoms with Gasteiger partial charge in [0.05, 0.1) is 11.4 Å². The third kappa shape index (κ3) is 2.52. The summed E-state index contributed by atoms with van der Waals surface area (Å²) in [7, 11) is 0. The maximum absolute atomic E-state index is 11.0. The van der Waals surface area contributed by atoms with Crippen LogP contribution in [-0.4, -0.2) is 12.5 Å². The van der Waals surface area contributed by atoms with Crippen LogP contribution in [0.3, 0.4) is 0 Å². The molecule has 92 valence electrons. The number of carbonyl (C=O) groups excluding carboxylic acids is 1. The molecule has 0 spiro atoms. The Bertz CT molecular complexity index is 438. The summed E-state index contributed by atoms with van der Waals surface area (Å²) in [4.78, 5) is 11.0. The number of hydrogen-bond acceptors (Lipinski definition) is 3. The van der Waals surface area contributed by atoms with Gasteiger partial charge in [-0.3, -0.25) is 4.79 Å². The van der Waals surface area contributed by atoms with E-state index in [4.69, 9.17) is 11.5 Å².